The van der Waals surface area contributed by atoms with Gasteiger partial charge in [-0.2, -0.15) is 0 Å². The molecule has 0 spiro atoms. The maximum atomic E-state index is 12.4. The number of hydrogen-bond acceptors (Lipinski definition) is 4. The summed E-state index contributed by atoms with van der Waals surface area (Å²) in [6.07, 6.45) is 5.43. The number of likely N-dealkylation sites (tertiary alicyclic amines) is 1. The Balaban J connectivity index is 1.41. The lowest BCUT2D eigenvalue weighted by Crippen LogP contribution is -2.45. The first-order valence-corrected chi connectivity index (χ1v) is 9.76. The molecule has 3 N–H and O–H groups in total. The number of carbonyl (C=O) groups is 1. The summed E-state index contributed by atoms with van der Waals surface area (Å²) in [7, 11) is 0. The van der Waals surface area contributed by atoms with Crippen LogP contribution in [-0.2, 0) is 11.2 Å². The van der Waals surface area contributed by atoms with Crippen molar-refractivity contribution >= 4 is 5.91 Å². The average Bonchev–Trinajstić information content (AvgIpc) is 3.18. The van der Waals surface area contributed by atoms with Crippen molar-refractivity contribution in [3.63, 3.8) is 0 Å². The monoisotopic (exact) mass is 370 g/mol. The second-order valence-corrected chi connectivity index (χ2v) is 7.63. The minimum Gasteiger partial charge on any atom is -0.385 e. The molecule has 1 aromatic carbocycles. The van der Waals surface area contributed by atoms with Crippen molar-refractivity contribution in [2.24, 2.45) is 5.92 Å². The fourth-order valence-corrected chi connectivity index (χ4v) is 3.83. The predicted octanol–water partition coefficient (Wildman–Crippen LogP) is 2.21. The topological polar surface area (TPSA) is 81.2 Å². The molecule has 6 nitrogen and oxygen atoms in total. The van der Waals surface area contributed by atoms with Crippen molar-refractivity contribution in [1.29, 1.82) is 0 Å². The maximum absolute atomic E-state index is 12.4. The molecule has 2 aromatic rings. The van der Waals surface area contributed by atoms with Crippen molar-refractivity contribution < 1.29 is 9.90 Å². The van der Waals surface area contributed by atoms with Crippen LogP contribution in [0.15, 0.2) is 36.7 Å². The molecule has 0 saturated carbocycles. The summed E-state index contributed by atoms with van der Waals surface area (Å²) in [6, 6.07) is 8.40. The summed E-state index contributed by atoms with van der Waals surface area (Å²) in [5.41, 5.74) is 2.54. The standard InChI is InChI=1S/C21H30N4O2/c1-15-5-3-4-6-18(15)13-16(2)24-19(26)14-25-11-7-17(8-12-25)20(27)21-22-9-10-23-21/h3-6,9-10,16-17,20,27H,7-8,11-14H2,1-2H3,(H,22,23)(H,24,26). The van der Waals surface area contributed by atoms with Crippen LogP contribution in [0.1, 0.15) is 42.8 Å². The number of benzene rings is 1. The SMILES string of the molecule is Cc1ccccc1CC(C)NC(=O)CN1CCC(C(O)c2ncc[nH]2)CC1. The van der Waals surface area contributed by atoms with E-state index in [1.165, 1.54) is 11.1 Å². The maximum Gasteiger partial charge on any atom is 0.234 e. The molecule has 1 aliphatic rings. The van der Waals surface area contributed by atoms with Gasteiger partial charge in [0.05, 0.1) is 6.54 Å². The van der Waals surface area contributed by atoms with Crippen LogP contribution in [0.3, 0.4) is 0 Å². The van der Waals surface area contributed by atoms with E-state index >= 15 is 0 Å². The number of nitrogens with zero attached hydrogens (tertiary/aromatic N) is 2. The minimum atomic E-state index is -0.551. The second kappa shape index (κ2) is 9.15. The van der Waals surface area contributed by atoms with Gasteiger partial charge in [-0.15, -0.1) is 0 Å². The number of aromatic amines is 1. The molecule has 1 fully saturated rings. The van der Waals surface area contributed by atoms with Gasteiger partial charge in [0.1, 0.15) is 11.9 Å². The van der Waals surface area contributed by atoms with Crippen LogP contribution in [0.4, 0.5) is 0 Å². The average molecular weight is 370 g/mol. The highest BCUT2D eigenvalue weighted by molar-refractivity contribution is 5.78. The molecule has 1 aromatic heterocycles. The molecule has 1 amide bonds. The molecular formula is C21H30N4O2. The van der Waals surface area contributed by atoms with Gasteiger partial charge in [-0.3, -0.25) is 9.69 Å². The van der Waals surface area contributed by atoms with E-state index < -0.39 is 6.10 Å². The lowest BCUT2D eigenvalue weighted by Gasteiger charge is -2.33. The van der Waals surface area contributed by atoms with E-state index in [-0.39, 0.29) is 17.9 Å². The first-order valence-electron chi connectivity index (χ1n) is 9.76. The zero-order valence-electron chi connectivity index (χ0n) is 16.2. The van der Waals surface area contributed by atoms with E-state index in [2.05, 4.69) is 46.2 Å². The minimum absolute atomic E-state index is 0.0705. The Morgan fingerprint density at radius 2 is 2.11 bits per heavy atom. The third-order valence-electron chi connectivity index (χ3n) is 5.44. The number of nitrogens with one attached hydrogen (secondary N) is 2. The van der Waals surface area contributed by atoms with E-state index in [1.807, 2.05) is 12.1 Å². The van der Waals surface area contributed by atoms with E-state index in [9.17, 15) is 9.90 Å². The van der Waals surface area contributed by atoms with Gasteiger partial charge in [0.2, 0.25) is 5.91 Å². The summed E-state index contributed by atoms with van der Waals surface area (Å²) < 4.78 is 0. The van der Waals surface area contributed by atoms with Gasteiger partial charge >= 0.3 is 0 Å². The van der Waals surface area contributed by atoms with Crippen LogP contribution in [-0.4, -0.2) is 51.6 Å². The zero-order valence-corrected chi connectivity index (χ0v) is 16.2. The molecule has 3 rings (SSSR count). The number of imidazole rings is 1. The molecule has 0 bridgehead atoms. The van der Waals surface area contributed by atoms with E-state index in [0.717, 1.165) is 32.4 Å². The largest absolute Gasteiger partial charge is 0.385 e. The van der Waals surface area contributed by atoms with E-state index in [1.54, 1.807) is 12.4 Å². The Kier molecular flexibility index (Phi) is 6.63. The highest BCUT2D eigenvalue weighted by Crippen LogP contribution is 2.28. The van der Waals surface area contributed by atoms with Gasteiger partial charge in [0.25, 0.3) is 0 Å². The normalized spacial score (nSPS) is 18.2. The van der Waals surface area contributed by atoms with Crippen molar-refractivity contribution in [2.75, 3.05) is 19.6 Å². The molecular weight excluding hydrogens is 340 g/mol. The number of carbonyl (C=O) groups excluding carboxylic acids is 1. The van der Waals surface area contributed by atoms with Crippen LogP contribution in [0.5, 0.6) is 0 Å². The fraction of sp³-hybridized carbons (Fsp3) is 0.524. The van der Waals surface area contributed by atoms with Crippen LogP contribution in [0.25, 0.3) is 0 Å². The van der Waals surface area contributed by atoms with Crippen LogP contribution in [0.2, 0.25) is 0 Å². The van der Waals surface area contributed by atoms with Gasteiger partial charge in [-0.25, -0.2) is 4.98 Å². The Morgan fingerprint density at radius 1 is 1.37 bits per heavy atom. The van der Waals surface area contributed by atoms with Crippen LogP contribution < -0.4 is 5.32 Å². The van der Waals surface area contributed by atoms with Gasteiger partial charge in [0.15, 0.2) is 0 Å². The smallest absolute Gasteiger partial charge is 0.234 e. The molecule has 1 saturated heterocycles. The zero-order chi connectivity index (χ0) is 19.2. The number of aliphatic hydroxyl groups excluding tert-OH is 1. The number of aliphatic hydroxyl groups is 1. The molecule has 27 heavy (non-hydrogen) atoms. The van der Waals surface area contributed by atoms with Crippen molar-refractivity contribution in [2.45, 2.75) is 45.3 Å². The van der Waals surface area contributed by atoms with Crippen LogP contribution >= 0.6 is 0 Å². The second-order valence-electron chi connectivity index (χ2n) is 7.63. The number of rotatable bonds is 7. The predicted molar refractivity (Wildman–Crippen MR) is 105 cm³/mol. The third-order valence-corrected chi connectivity index (χ3v) is 5.44. The number of aromatic nitrogens is 2. The Bertz CT molecular complexity index is 724. The Labute approximate surface area is 161 Å². The number of aryl methyl sites for hydroxylation is 1. The number of piperidine rings is 1. The number of H-pyrrole nitrogens is 1. The van der Waals surface area contributed by atoms with E-state index in [4.69, 9.17) is 0 Å². The van der Waals surface area contributed by atoms with Crippen molar-refractivity contribution in [1.82, 2.24) is 20.2 Å². The van der Waals surface area contributed by atoms with Gasteiger partial charge in [-0.05, 0) is 63.2 Å². The Morgan fingerprint density at radius 3 is 2.78 bits per heavy atom. The Hall–Kier alpha value is -2.18. The van der Waals surface area contributed by atoms with Crippen LogP contribution in [0, 0.1) is 12.8 Å². The van der Waals surface area contributed by atoms with E-state index in [0.29, 0.717) is 12.4 Å². The molecule has 6 heteroatoms. The third kappa shape index (κ3) is 5.40. The van der Waals surface area contributed by atoms with Crippen molar-refractivity contribution in [3.8, 4) is 0 Å². The molecule has 0 radical (unpaired) electrons. The summed E-state index contributed by atoms with van der Waals surface area (Å²) >= 11 is 0. The van der Waals surface area contributed by atoms with Gasteiger partial charge in [0, 0.05) is 18.4 Å². The molecule has 2 unspecified atom stereocenters. The molecule has 2 atom stereocenters. The first-order chi connectivity index (χ1) is 13.0. The summed E-state index contributed by atoms with van der Waals surface area (Å²) in [5, 5.41) is 13.5. The molecule has 2 heterocycles. The van der Waals surface area contributed by atoms with Gasteiger partial charge < -0.3 is 15.4 Å². The molecule has 1 aliphatic heterocycles. The summed E-state index contributed by atoms with van der Waals surface area (Å²) in [6.45, 7) is 6.22. The van der Waals surface area contributed by atoms with Crippen molar-refractivity contribution in [3.05, 3.63) is 53.6 Å². The highest BCUT2D eigenvalue weighted by Gasteiger charge is 2.28. The quantitative estimate of drug-likeness (QED) is 0.698. The lowest BCUT2D eigenvalue weighted by molar-refractivity contribution is -0.123. The fourth-order valence-electron chi connectivity index (χ4n) is 3.83. The van der Waals surface area contributed by atoms with Gasteiger partial charge in [-0.1, -0.05) is 24.3 Å². The number of amides is 1. The highest BCUT2D eigenvalue weighted by atomic mass is 16.3. The lowest BCUT2D eigenvalue weighted by atomic mass is 9.91. The molecule has 0 aliphatic carbocycles. The number of hydrogen-bond donors (Lipinski definition) is 3. The summed E-state index contributed by atoms with van der Waals surface area (Å²) in [5.74, 6) is 0.896. The first kappa shape index (κ1) is 19.6. The summed E-state index contributed by atoms with van der Waals surface area (Å²) in [4.78, 5) is 21.7. The molecule has 146 valence electrons.